The molecule has 1 unspecified atom stereocenters. The zero-order valence-electron chi connectivity index (χ0n) is 17.0. The second kappa shape index (κ2) is 9.01. The molecule has 1 N–H and O–H groups in total. The Kier molecular flexibility index (Phi) is 6.65. The molecule has 29 heavy (non-hydrogen) atoms. The van der Waals surface area contributed by atoms with Crippen LogP contribution in [0.5, 0.6) is 0 Å². The minimum Gasteiger partial charge on any atom is -0.325 e. The summed E-state index contributed by atoms with van der Waals surface area (Å²) in [6.45, 7) is 8.39. The van der Waals surface area contributed by atoms with Crippen LogP contribution in [-0.4, -0.2) is 33.7 Å². The monoisotopic (exact) mass is 429 g/mol. The minimum absolute atomic E-state index is 0.101. The van der Waals surface area contributed by atoms with Gasteiger partial charge in [0.25, 0.3) is 0 Å². The molecule has 1 heterocycles. The fourth-order valence-corrected chi connectivity index (χ4v) is 4.29. The molecule has 0 aromatic heterocycles. The smallest absolute Gasteiger partial charge is 0.238 e. The van der Waals surface area contributed by atoms with E-state index < -0.39 is 5.25 Å². The molecule has 1 aliphatic rings. The van der Waals surface area contributed by atoms with Gasteiger partial charge in [-0.1, -0.05) is 35.5 Å². The molecule has 2 amide bonds. The molecule has 0 saturated carbocycles. The Morgan fingerprint density at radius 1 is 1.17 bits per heavy atom. The molecule has 2 aromatic carbocycles. The summed E-state index contributed by atoms with van der Waals surface area (Å²) in [7, 11) is 0. The van der Waals surface area contributed by atoms with E-state index in [2.05, 4.69) is 10.3 Å². The summed E-state index contributed by atoms with van der Waals surface area (Å²) >= 11 is 7.46. The zero-order chi connectivity index (χ0) is 21.1. The number of carbonyl (C=O) groups is 2. The van der Waals surface area contributed by atoms with Crippen molar-refractivity contribution in [2.45, 2.75) is 39.4 Å². The van der Waals surface area contributed by atoms with Crippen LogP contribution < -0.4 is 5.32 Å². The van der Waals surface area contributed by atoms with Gasteiger partial charge in [0.05, 0.1) is 5.69 Å². The molecule has 0 spiro atoms. The number of benzene rings is 2. The lowest BCUT2D eigenvalue weighted by Gasteiger charge is -2.31. The van der Waals surface area contributed by atoms with Crippen LogP contribution in [-0.2, 0) is 9.59 Å². The molecule has 3 rings (SSSR count). The van der Waals surface area contributed by atoms with Crippen molar-refractivity contribution in [3.63, 3.8) is 0 Å². The van der Waals surface area contributed by atoms with Gasteiger partial charge < -0.3 is 5.32 Å². The van der Waals surface area contributed by atoms with E-state index in [1.165, 1.54) is 17.3 Å². The molecule has 7 heteroatoms. The second-order valence-corrected chi connectivity index (χ2v) is 8.64. The highest BCUT2D eigenvalue weighted by Crippen LogP contribution is 2.30. The Morgan fingerprint density at radius 3 is 2.55 bits per heavy atom. The highest BCUT2D eigenvalue weighted by Gasteiger charge is 2.35. The highest BCUT2D eigenvalue weighted by molar-refractivity contribution is 8.15. The number of amidine groups is 1. The third-order valence-corrected chi connectivity index (χ3v) is 6.50. The highest BCUT2D eigenvalue weighted by atomic mass is 35.5. The third-order valence-electron chi connectivity index (χ3n) is 4.90. The molecule has 0 bridgehead atoms. The van der Waals surface area contributed by atoms with Crippen LogP contribution in [0.3, 0.4) is 0 Å². The molecule has 152 valence electrons. The van der Waals surface area contributed by atoms with Crippen LogP contribution in [0.25, 0.3) is 0 Å². The van der Waals surface area contributed by atoms with Gasteiger partial charge >= 0.3 is 0 Å². The Labute approximate surface area is 180 Å². The summed E-state index contributed by atoms with van der Waals surface area (Å²) in [6.07, 6.45) is 0.135. The SMILES string of the molecule is CCN1C(=O)CC(C(=O)Nc2ccc(C)c(Cl)c2)SC1=Nc1ccc(C)c(C)c1. The normalized spacial score (nSPS) is 18.2. The summed E-state index contributed by atoms with van der Waals surface area (Å²) in [5.74, 6) is -0.331. The van der Waals surface area contributed by atoms with Gasteiger partial charge in [0.1, 0.15) is 5.25 Å². The predicted molar refractivity (Wildman–Crippen MR) is 121 cm³/mol. The van der Waals surface area contributed by atoms with Gasteiger partial charge in [-0.2, -0.15) is 0 Å². The maximum Gasteiger partial charge on any atom is 0.238 e. The van der Waals surface area contributed by atoms with E-state index in [9.17, 15) is 9.59 Å². The number of nitrogens with one attached hydrogen (secondary N) is 1. The number of halogens is 1. The van der Waals surface area contributed by atoms with E-state index >= 15 is 0 Å². The van der Waals surface area contributed by atoms with Crippen molar-refractivity contribution in [2.24, 2.45) is 4.99 Å². The Morgan fingerprint density at radius 2 is 1.90 bits per heavy atom. The number of hydrogen-bond acceptors (Lipinski definition) is 4. The molecule has 5 nitrogen and oxygen atoms in total. The van der Waals surface area contributed by atoms with E-state index in [1.54, 1.807) is 17.0 Å². The first kappa shape index (κ1) is 21.4. The topological polar surface area (TPSA) is 61.8 Å². The van der Waals surface area contributed by atoms with Gasteiger partial charge in [-0.05, 0) is 68.7 Å². The van der Waals surface area contributed by atoms with E-state index in [1.807, 2.05) is 52.0 Å². The number of hydrogen-bond donors (Lipinski definition) is 1. The van der Waals surface area contributed by atoms with E-state index in [0.717, 1.165) is 16.8 Å². The first-order chi connectivity index (χ1) is 13.8. The van der Waals surface area contributed by atoms with Crippen molar-refractivity contribution in [3.05, 3.63) is 58.1 Å². The lowest BCUT2D eigenvalue weighted by Crippen LogP contribution is -2.45. The van der Waals surface area contributed by atoms with Crippen molar-refractivity contribution in [1.29, 1.82) is 0 Å². The van der Waals surface area contributed by atoms with Crippen LogP contribution in [0.1, 0.15) is 30.0 Å². The quantitative estimate of drug-likeness (QED) is 0.722. The molecule has 1 aliphatic heterocycles. The Hall–Kier alpha value is -2.31. The average molecular weight is 430 g/mol. The molecular formula is C22H24ClN3O2S. The second-order valence-electron chi connectivity index (χ2n) is 7.06. The lowest BCUT2D eigenvalue weighted by molar-refractivity contribution is -0.129. The minimum atomic E-state index is -0.546. The van der Waals surface area contributed by atoms with Crippen molar-refractivity contribution in [3.8, 4) is 0 Å². The number of thioether (sulfide) groups is 1. The van der Waals surface area contributed by atoms with Crippen LogP contribution in [0.2, 0.25) is 5.02 Å². The number of amides is 2. The van der Waals surface area contributed by atoms with Gasteiger partial charge in [0.15, 0.2) is 5.17 Å². The molecule has 1 atom stereocenters. The lowest BCUT2D eigenvalue weighted by atomic mass is 10.1. The molecule has 2 aromatic rings. The summed E-state index contributed by atoms with van der Waals surface area (Å²) < 4.78 is 0. The van der Waals surface area contributed by atoms with Crippen LogP contribution in [0, 0.1) is 20.8 Å². The largest absolute Gasteiger partial charge is 0.325 e. The van der Waals surface area contributed by atoms with Gasteiger partial charge in [0.2, 0.25) is 11.8 Å². The summed E-state index contributed by atoms with van der Waals surface area (Å²) in [4.78, 5) is 31.7. The van der Waals surface area contributed by atoms with E-state index in [-0.39, 0.29) is 18.2 Å². The molecule has 1 saturated heterocycles. The van der Waals surface area contributed by atoms with Gasteiger partial charge in [-0.3, -0.25) is 14.5 Å². The zero-order valence-corrected chi connectivity index (χ0v) is 18.5. The summed E-state index contributed by atoms with van der Waals surface area (Å²) in [5.41, 5.74) is 4.64. The predicted octanol–water partition coefficient (Wildman–Crippen LogP) is 5.25. The fourth-order valence-electron chi connectivity index (χ4n) is 2.95. The van der Waals surface area contributed by atoms with Crippen LogP contribution >= 0.6 is 23.4 Å². The van der Waals surface area contributed by atoms with Crippen molar-refractivity contribution >= 4 is 51.7 Å². The molecule has 1 fully saturated rings. The standard InChI is InChI=1S/C22H24ClN3O2S/c1-5-26-20(27)12-19(21(28)24-17-9-7-14(3)18(23)11-17)29-22(26)25-16-8-6-13(2)15(4)10-16/h6-11,19H,5,12H2,1-4H3,(H,24,28). The maximum atomic E-state index is 12.8. The van der Waals surface area contributed by atoms with E-state index in [4.69, 9.17) is 11.6 Å². The number of rotatable bonds is 4. The Balaban J connectivity index is 1.82. The number of anilines is 1. The molecular weight excluding hydrogens is 406 g/mol. The summed E-state index contributed by atoms with van der Waals surface area (Å²) in [6, 6.07) is 11.3. The van der Waals surface area contributed by atoms with Crippen LogP contribution in [0.4, 0.5) is 11.4 Å². The maximum absolute atomic E-state index is 12.8. The number of carbonyl (C=O) groups excluding carboxylic acids is 2. The molecule has 0 radical (unpaired) electrons. The first-order valence-corrected chi connectivity index (χ1v) is 10.7. The first-order valence-electron chi connectivity index (χ1n) is 9.48. The number of nitrogens with zero attached hydrogens (tertiary/aromatic N) is 2. The van der Waals surface area contributed by atoms with Gasteiger partial charge in [-0.15, -0.1) is 0 Å². The third kappa shape index (κ3) is 5.00. The van der Waals surface area contributed by atoms with Crippen molar-refractivity contribution < 1.29 is 9.59 Å². The fraction of sp³-hybridized carbons (Fsp3) is 0.318. The van der Waals surface area contributed by atoms with E-state index in [0.29, 0.717) is 22.4 Å². The average Bonchev–Trinajstić information content (AvgIpc) is 2.67. The van der Waals surface area contributed by atoms with Gasteiger partial charge in [-0.25, -0.2) is 4.99 Å². The van der Waals surface area contributed by atoms with Crippen LogP contribution in [0.15, 0.2) is 41.4 Å². The summed E-state index contributed by atoms with van der Waals surface area (Å²) in [5, 5.41) is 3.46. The Bertz CT molecular complexity index is 990. The number of aryl methyl sites for hydroxylation is 3. The van der Waals surface area contributed by atoms with Crippen molar-refractivity contribution in [2.75, 3.05) is 11.9 Å². The van der Waals surface area contributed by atoms with Gasteiger partial charge in [0, 0.05) is 23.7 Å². The molecule has 0 aliphatic carbocycles. The number of aliphatic imine (C=N–C) groups is 1. The van der Waals surface area contributed by atoms with Crippen molar-refractivity contribution in [1.82, 2.24) is 4.90 Å².